The highest BCUT2D eigenvalue weighted by molar-refractivity contribution is 7.99. The van der Waals surface area contributed by atoms with Gasteiger partial charge in [0.15, 0.2) is 0 Å². The van der Waals surface area contributed by atoms with Crippen molar-refractivity contribution >= 4 is 17.5 Å². The first-order chi connectivity index (χ1) is 6.34. The second-order valence-corrected chi connectivity index (χ2v) is 5.59. The first-order valence-corrected chi connectivity index (χ1v) is 6.35. The van der Waals surface area contributed by atoms with Gasteiger partial charge in [-0.1, -0.05) is 0 Å². The minimum absolute atomic E-state index is 0.373. The van der Waals surface area contributed by atoms with Crippen molar-refractivity contribution in [2.24, 2.45) is 11.8 Å². The summed E-state index contributed by atoms with van der Waals surface area (Å²) in [7, 11) is 0. The summed E-state index contributed by atoms with van der Waals surface area (Å²) in [4.78, 5) is 14.3. The Morgan fingerprint density at radius 3 is 2.31 bits per heavy atom. The lowest BCUT2D eigenvalue weighted by Gasteiger charge is -2.39. The van der Waals surface area contributed by atoms with Gasteiger partial charge in [-0.15, -0.1) is 0 Å². The molecule has 2 saturated heterocycles. The molecule has 0 N–H and O–H groups in total. The van der Waals surface area contributed by atoms with E-state index < -0.39 is 0 Å². The van der Waals surface area contributed by atoms with E-state index in [9.17, 15) is 4.79 Å². The minimum atomic E-state index is 0.373. The van der Waals surface area contributed by atoms with Crippen molar-refractivity contribution in [2.45, 2.75) is 18.9 Å². The van der Waals surface area contributed by atoms with E-state index in [2.05, 4.69) is 4.90 Å². The van der Waals surface area contributed by atoms with Gasteiger partial charge in [-0.05, 0) is 12.8 Å². The topological polar surface area (TPSA) is 20.3 Å². The quantitative estimate of drug-likeness (QED) is 0.626. The molecule has 0 spiro atoms. The fraction of sp³-hybridized carbons (Fsp3) is 0.900. The molecule has 2 aliphatic heterocycles. The predicted molar refractivity (Wildman–Crippen MR) is 53.9 cm³/mol. The smallest absolute Gasteiger partial charge is 0.143 e. The molecule has 0 aromatic carbocycles. The summed E-state index contributed by atoms with van der Waals surface area (Å²) < 4.78 is 0. The maximum atomic E-state index is 11.8. The van der Waals surface area contributed by atoms with Crippen LogP contribution in [-0.2, 0) is 4.79 Å². The van der Waals surface area contributed by atoms with Crippen LogP contribution in [0.15, 0.2) is 0 Å². The molecule has 3 rings (SSSR count). The summed E-state index contributed by atoms with van der Waals surface area (Å²) >= 11 is 1.98. The van der Waals surface area contributed by atoms with Gasteiger partial charge in [0.2, 0.25) is 0 Å². The average Bonchev–Trinajstić information content (AvgIpc) is 2.85. The molecule has 2 heterocycles. The Labute approximate surface area is 83.1 Å². The Hall–Kier alpha value is -0.0200. The molecule has 3 aliphatic rings. The lowest BCUT2D eigenvalue weighted by atomic mass is 9.89. The summed E-state index contributed by atoms with van der Waals surface area (Å²) in [6.45, 7) is 2.12. The van der Waals surface area contributed by atoms with Gasteiger partial charge in [-0.2, -0.15) is 11.8 Å². The Balaban J connectivity index is 1.75. The monoisotopic (exact) mass is 197 g/mol. The van der Waals surface area contributed by atoms with Crippen LogP contribution in [0.2, 0.25) is 0 Å². The highest BCUT2D eigenvalue weighted by atomic mass is 32.2. The minimum Gasteiger partial charge on any atom is -0.299 e. The van der Waals surface area contributed by atoms with Gasteiger partial charge in [-0.3, -0.25) is 9.69 Å². The molecule has 72 valence electrons. The van der Waals surface area contributed by atoms with Crippen molar-refractivity contribution in [3.8, 4) is 0 Å². The van der Waals surface area contributed by atoms with E-state index >= 15 is 0 Å². The number of carbonyl (C=O) groups is 1. The zero-order valence-corrected chi connectivity index (χ0v) is 8.55. The lowest BCUT2D eigenvalue weighted by Crippen LogP contribution is -2.51. The van der Waals surface area contributed by atoms with E-state index in [1.807, 2.05) is 11.8 Å². The van der Waals surface area contributed by atoms with Gasteiger partial charge >= 0.3 is 0 Å². The van der Waals surface area contributed by atoms with Crippen LogP contribution in [0.4, 0.5) is 0 Å². The standard InChI is InChI=1S/C10H15NOS/c12-10-7-3-11(9-1-2-9)4-8(10)6-13-5-7/h7-9H,1-6H2. The molecule has 13 heavy (non-hydrogen) atoms. The summed E-state index contributed by atoms with van der Waals surface area (Å²) in [5.74, 6) is 3.48. The maximum Gasteiger partial charge on any atom is 0.143 e. The summed E-state index contributed by atoms with van der Waals surface area (Å²) in [5.41, 5.74) is 0. The number of Topliss-reactive ketones (excluding diaryl/α,β-unsaturated/α-hetero) is 1. The summed E-state index contributed by atoms with van der Waals surface area (Å²) in [5, 5.41) is 0. The number of hydrogen-bond acceptors (Lipinski definition) is 3. The largest absolute Gasteiger partial charge is 0.299 e. The van der Waals surface area contributed by atoms with Gasteiger partial charge in [0.25, 0.3) is 0 Å². The zero-order chi connectivity index (χ0) is 8.84. The van der Waals surface area contributed by atoms with E-state index in [0.717, 1.165) is 30.6 Å². The number of nitrogens with zero attached hydrogens (tertiary/aromatic N) is 1. The fourth-order valence-corrected chi connectivity index (χ4v) is 3.76. The molecule has 0 aromatic heterocycles. The van der Waals surface area contributed by atoms with Gasteiger partial charge in [0.1, 0.15) is 5.78 Å². The van der Waals surface area contributed by atoms with Crippen LogP contribution in [0.1, 0.15) is 12.8 Å². The molecule has 2 atom stereocenters. The first kappa shape index (κ1) is 8.30. The Bertz CT molecular complexity index is 223. The SMILES string of the molecule is O=C1C2CSCC1CN(C1CC1)C2. The molecule has 1 aliphatic carbocycles. The Kier molecular flexibility index (Phi) is 1.91. The van der Waals surface area contributed by atoms with Gasteiger partial charge in [-0.25, -0.2) is 0 Å². The second-order valence-electron chi connectivity index (χ2n) is 4.52. The molecule has 0 aromatic rings. The number of likely N-dealkylation sites (tertiary alicyclic amines) is 1. The van der Waals surface area contributed by atoms with Crippen molar-refractivity contribution in [1.82, 2.24) is 4.90 Å². The molecule has 2 bridgehead atoms. The van der Waals surface area contributed by atoms with E-state index in [1.54, 1.807) is 0 Å². The molecular formula is C10H15NOS. The van der Waals surface area contributed by atoms with E-state index in [4.69, 9.17) is 0 Å². The Morgan fingerprint density at radius 2 is 1.77 bits per heavy atom. The Morgan fingerprint density at radius 1 is 1.15 bits per heavy atom. The molecular weight excluding hydrogens is 182 g/mol. The zero-order valence-electron chi connectivity index (χ0n) is 7.74. The maximum absolute atomic E-state index is 11.8. The number of thioether (sulfide) groups is 1. The second kappa shape index (κ2) is 2.99. The van der Waals surface area contributed by atoms with Gasteiger partial charge in [0.05, 0.1) is 0 Å². The molecule has 0 amide bonds. The van der Waals surface area contributed by atoms with Crippen LogP contribution in [0.25, 0.3) is 0 Å². The normalized spacial score (nSPS) is 40.8. The van der Waals surface area contributed by atoms with Crippen LogP contribution in [-0.4, -0.2) is 41.3 Å². The molecule has 3 heteroatoms. The van der Waals surface area contributed by atoms with E-state index in [-0.39, 0.29) is 0 Å². The van der Waals surface area contributed by atoms with Crippen molar-refractivity contribution in [3.05, 3.63) is 0 Å². The highest BCUT2D eigenvalue weighted by Gasteiger charge is 2.42. The number of hydrogen-bond donors (Lipinski definition) is 0. The highest BCUT2D eigenvalue weighted by Crippen LogP contribution is 2.36. The third-order valence-corrected chi connectivity index (χ3v) is 4.69. The van der Waals surface area contributed by atoms with Crippen LogP contribution in [0.5, 0.6) is 0 Å². The molecule has 2 unspecified atom stereocenters. The van der Waals surface area contributed by atoms with Crippen molar-refractivity contribution < 1.29 is 4.79 Å². The number of carbonyl (C=O) groups excluding carboxylic acids is 1. The van der Waals surface area contributed by atoms with Crippen molar-refractivity contribution in [3.63, 3.8) is 0 Å². The van der Waals surface area contributed by atoms with E-state index in [0.29, 0.717) is 17.6 Å². The summed E-state index contributed by atoms with van der Waals surface area (Å²) in [6, 6.07) is 0.848. The first-order valence-electron chi connectivity index (χ1n) is 5.20. The molecule has 3 fully saturated rings. The number of rotatable bonds is 1. The predicted octanol–water partition coefficient (Wildman–Crippen LogP) is 1.01. The third-order valence-electron chi connectivity index (χ3n) is 3.42. The molecule has 0 radical (unpaired) electrons. The van der Waals surface area contributed by atoms with Gasteiger partial charge in [0, 0.05) is 42.5 Å². The lowest BCUT2D eigenvalue weighted by molar-refractivity contribution is -0.130. The van der Waals surface area contributed by atoms with E-state index in [1.165, 1.54) is 12.8 Å². The van der Waals surface area contributed by atoms with Crippen LogP contribution in [0, 0.1) is 11.8 Å². The van der Waals surface area contributed by atoms with Crippen molar-refractivity contribution in [2.75, 3.05) is 24.6 Å². The van der Waals surface area contributed by atoms with Crippen LogP contribution in [0.3, 0.4) is 0 Å². The van der Waals surface area contributed by atoms with Crippen LogP contribution < -0.4 is 0 Å². The number of piperidine rings is 1. The number of fused-ring (bicyclic) bond motifs is 2. The average molecular weight is 197 g/mol. The fourth-order valence-electron chi connectivity index (χ4n) is 2.51. The summed E-state index contributed by atoms with van der Waals surface area (Å²) in [6.07, 6.45) is 2.75. The molecule has 1 saturated carbocycles. The van der Waals surface area contributed by atoms with Crippen LogP contribution >= 0.6 is 11.8 Å². The van der Waals surface area contributed by atoms with Gasteiger partial charge < -0.3 is 0 Å². The number of ketones is 1. The molecule has 2 nitrogen and oxygen atoms in total. The van der Waals surface area contributed by atoms with Crippen molar-refractivity contribution in [1.29, 1.82) is 0 Å². The third kappa shape index (κ3) is 1.42.